The zero-order chi connectivity index (χ0) is 18.5. The Kier molecular flexibility index (Phi) is 5.73. The fourth-order valence-electron chi connectivity index (χ4n) is 3.36. The van der Waals surface area contributed by atoms with Crippen LogP contribution >= 0.6 is 11.6 Å². The second kappa shape index (κ2) is 8.57. The van der Waals surface area contributed by atoms with Gasteiger partial charge in [-0.3, -0.25) is 0 Å². The molecule has 1 aliphatic heterocycles. The normalized spacial score (nSPS) is 18.0. The first-order valence-corrected chi connectivity index (χ1v) is 9.58. The summed E-state index contributed by atoms with van der Waals surface area (Å²) in [6.45, 7) is 2.33. The molecule has 2 atom stereocenters. The summed E-state index contributed by atoms with van der Waals surface area (Å²) in [4.78, 5) is 0. The van der Waals surface area contributed by atoms with Crippen LogP contribution in [0.25, 0.3) is 11.1 Å². The maximum Gasteiger partial charge on any atom is 0.151 e. The highest BCUT2D eigenvalue weighted by Crippen LogP contribution is 2.35. The van der Waals surface area contributed by atoms with Gasteiger partial charge in [0.2, 0.25) is 0 Å². The summed E-state index contributed by atoms with van der Waals surface area (Å²) in [5.74, 6) is 0.836. The summed E-state index contributed by atoms with van der Waals surface area (Å²) in [6, 6.07) is 26.2. The van der Waals surface area contributed by atoms with Gasteiger partial charge in [-0.1, -0.05) is 72.3 Å². The second-order valence-corrected chi connectivity index (χ2v) is 7.00. The minimum Gasteiger partial charge on any atom is -0.482 e. The number of benzene rings is 3. The molecular formula is C23H22ClNO2. The highest BCUT2D eigenvalue weighted by molar-refractivity contribution is 6.30. The van der Waals surface area contributed by atoms with E-state index in [2.05, 4.69) is 23.5 Å². The van der Waals surface area contributed by atoms with E-state index in [1.165, 1.54) is 0 Å². The topological polar surface area (TPSA) is 30.5 Å². The molecule has 0 saturated carbocycles. The molecule has 4 heteroatoms. The van der Waals surface area contributed by atoms with Crippen LogP contribution in [0.2, 0.25) is 5.02 Å². The van der Waals surface area contributed by atoms with Gasteiger partial charge in [-0.2, -0.15) is 0 Å². The molecule has 0 amide bonds. The Hall–Kier alpha value is -2.33. The highest BCUT2D eigenvalue weighted by Gasteiger charge is 2.28. The summed E-state index contributed by atoms with van der Waals surface area (Å²) in [6.07, 6.45) is -0.230. The molecule has 0 spiro atoms. The Morgan fingerprint density at radius 2 is 1.67 bits per heavy atom. The number of hydrogen-bond acceptors (Lipinski definition) is 3. The second-order valence-electron chi connectivity index (χ2n) is 6.57. The number of morpholine rings is 1. The fourth-order valence-corrected chi connectivity index (χ4v) is 3.48. The van der Waals surface area contributed by atoms with E-state index in [1.54, 1.807) is 0 Å². The molecule has 1 N–H and O–H groups in total. The van der Waals surface area contributed by atoms with E-state index in [9.17, 15) is 0 Å². The van der Waals surface area contributed by atoms with Gasteiger partial charge in [0.15, 0.2) is 6.10 Å². The Morgan fingerprint density at radius 3 is 2.41 bits per heavy atom. The average Bonchev–Trinajstić information content (AvgIpc) is 2.74. The Bertz CT molecular complexity index is 861. The first-order valence-electron chi connectivity index (χ1n) is 9.20. The monoisotopic (exact) mass is 379 g/mol. The van der Waals surface area contributed by atoms with E-state index in [4.69, 9.17) is 21.1 Å². The van der Waals surface area contributed by atoms with E-state index in [0.29, 0.717) is 6.61 Å². The zero-order valence-electron chi connectivity index (χ0n) is 15.0. The number of para-hydroxylation sites is 1. The lowest BCUT2D eigenvalue weighted by atomic mass is 10.0. The zero-order valence-corrected chi connectivity index (χ0v) is 15.7. The number of ether oxygens (including phenoxy) is 2. The molecule has 3 aromatic rings. The summed E-state index contributed by atoms with van der Waals surface area (Å²) in [5, 5.41) is 4.13. The van der Waals surface area contributed by atoms with Gasteiger partial charge in [0.25, 0.3) is 0 Å². The summed E-state index contributed by atoms with van der Waals surface area (Å²) >= 11 is 6.05. The van der Waals surface area contributed by atoms with Crippen LogP contribution < -0.4 is 10.1 Å². The minimum atomic E-state index is -0.188. The van der Waals surface area contributed by atoms with Crippen LogP contribution in [0, 0.1) is 0 Å². The van der Waals surface area contributed by atoms with Crippen molar-refractivity contribution in [2.75, 3.05) is 19.7 Å². The van der Waals surface area contributed by atoms with Gasteiger partial charge < -0.3 is 14.8 Å². The molecule has 1 fully saturated rings. The van der Waals surface area contributed by atoms with Crippen LogP contribution in [-0.2, 0) is 4.74 Å². The summed E-state index contributed by atoms with van der Waals surface area (Å²) < 4.78 is 12.6. The molecule has 1 heterocycles. The Labute approximate surface area is 164 Å². The first kappa shape index (κ1) is 18.1. The SMILES string of the molecule is Clc1ccc(-c2ccccc2OC(c2ccccc2)[C@@H]2CNCCO2)cc1. The maximum absolute atomic E-state index is 6.56. The quantitative estimate of drug-likeness (QED) is 0.667. The standard InChI is InChI=1S/C23H22ClNO2/c24-19-12-10-17(11-13-19)20-8-4-5-9-21(20)27-23(18-6-2-1-3-7-18)22-16-25-14-15-26-22/h1-13,22-23,25H,14-16H2/t22-,23?/m0/s1. The number of rotatable bonds is 5. The van der Waals surface area contributed by atoms with Crippen molar-refractivity contribution in [3.8, 4) is 16.9 Å². The van der Waals surface area contributed by atoms with Crippen LogP contribution in [0.4, 0.5) is 0 Å². The van der Waals surface area contributed by atoms with E-state index in [0.717, 1.165) is 40.6 Å². The molecule has 3 nitrogen and oxygen atoms in total. The van der Waals surface area contributed by atoms with Crippen molar-refractivity contribution in [3.05, 3.63) is 89.4 Å². The molecule has 1 saturated heterocycles. The van der Waals surface area contributed by atoms with Crippen LogP contribution in [-0.4, -0.2) is 25.8 Å². The molecule has 3 aromatic carbocycles. The lowest BCUT2D eigenvalue weighted by molar-refractivity contribution is -0.0430. The molecule has 4 rings (SSSR count). The molecule has 138 valence electrons. The largest absolute Gasteiger partial charge is 0.482 e. The number of nitrogens with one attached hydrogen (secondary N) is 1. The average molecular weight is 380 g/mol. The predicted octanol–water partition coefficient (Wildman–Crippen LogP) is 5.12. The van der Waals surface area contributed by atoms with Gasteiger partial charge in [0.05, 0.1) is 6.61 Å². The molecule has 27 heavy (non-hydrogen) atoms. The van der Waals surface area contributed by atoms with E-state index >= 15 is 0 Å². The van der Waals surface area contributed by atoms with Gasteiger partial charge in [-0.05, 0) is 29.3 Å². The Morgan fingerprint density at radius 1 is 0.926 bits per heavy atom. The van der Waals surface area contributed by atoms with Gasteiger partial charge >= 0.3 is 0 Å². The first-order chi connectivity index (χ1) is 13.3. The third-order valence-corrected chi connectivity index (χ3v) is 4.97. The third-order valence-electron chi connectivity index (χ3n) is 4.72. The van der Waals surface area contributed by atoms with Crippen molar-refractivity contribution < 1.29 is 9.47 Å². The van der Waals surface area contributed by atoms with Crippen molar-refractivity contribution in [2.24, 2.45) is 0 Å². The van der Waals surface area contributed by atoms with E-state index in [1.807, 2.05) is 60.7 Å². The molecule has 1 aliphatic rings. The van der Waals surface area contributed by atoms with Crippen molar-refractivity contribution >= 4 is 11.6 Å². The number of halogens is 1. The van der Waals surface area contributed by atoms with Crippen LogP contribution in [0.3, 0.4) is 0 Å². The Balaban J connectivity index is 1.68. The number of hydrogen-bond donors (Lipinski definition) is 1. The van der Waals surface area contributed by atoms with Gasteiger partial charge in [-0.25, -0.2) is 0 Å². The highest BCUT2D eigenvalue weighted by atomic mass is 35.5. The van der Waals surface area contributed by atoms with Crippen LogP contribution in [0.15, 0.2) is 78.9 Å². The van der Waals surface area contributed by atoms with Gasteiger partial charge in [0, 0.05) is 23.7 Å². The molecule has 0 aliphatic carbocycles. The lowest BCUT2D eigenvalue weighted by Gasteiger charge is -2.32. The molecule has 0 bridgehead atoms. The van der Waals surface area contributed by atoms with Crippen molar-refractivity contribution in [1.82, 2.24) is 5.32 Å². The van der Waals surface area contributed by atoms with Crippen molar-refractivity contribution in [2.45, 2.75) is 12.2 Å². The van der Waals surface area contributed by atoms with E-state index < -0.39 is 0 Å². The smallest absolute Gasteiger partial charge is 0.151 e. The molecular weight excluding hydrogens is 358 g/mol. The third kappa shape index (κ3) is 4.33. The summed E-state index contributed by atoms with van der Waals surface area (Å²) in [5.41, 5.74) is 3.22. The van der Waals surface area contributed by atoms with E-state index in [-0.39, 0.29) is 12.2 Å². The minimum absolute atomic E-state index is 0.0422. The lowest BCUT2D eigenvalue weighted by Crippen LogP contribution is -2.43. The molecule has 0 radical (unpaired) electrons. The van der Waals surface area contributed by atoms with Crippen LogP contribution in [0.5, 0.6) is 5.75 Å². The van der Waals surface area contributed by atoms with Crippen molar-refractivity contribution in [1.29, 1.82) is 0 Å². The van der Waals surface area contributed by atoms with Gasteiger partial charge in [-0.15, -0.1) is 0 Å². The summed E-state index contributed by atoms with van der Waals surface area (Å²) in [7, 11) is 0. The van der Waals surface area contributed by atoms with Gasteiger partial charge in [0.1, 0.15) is 11.9 Å². The maximum atomic E-state index is 6.56. The molecule has 1 unspecified atom stereocenters. The van der Waals surface area contributed by atoms with Crippen LogP contribution in [0.1, 0.15) is 11.7 Å². The van der Waals surface area contributed by atoms with Crippen molar-refractivity contribution in [3.63, 3.8) is 0 Å². The predicted molar refractivity (Wildman–Crippen MR) is 109 cm³/mol. The fraction of sp³-hybridized carbons (Fsp3) is 0.217. The molecule has 0 aromatic heterocycles.